The summed E-state index contributed by atoms with van der Waals surface area (Å²) in [5, 5.41) is 9.85. The average Bonchev–Trinajstić information content (AvgIpc) is 2.54. The number of alkyl halides is 3. The van der Waals surface area contributed by atoms with Crippen molar-refractivity contribution < 1.29 is 27.6 Å². The first kappa shape index (κ1) is 17.6. The summed E-state index contributed by atoms with van der Waals surface area (Å²) < 4.78 is 44.6. The quantitative estimate of drug-likeness (QED) is 0.681. The molecule has 1 aliphatic heterocycles. The number of ketones is 1. The molecule has 0 saturated heterocycles. The number of fused-ring (bicyclic) bond motifs is 1. The number of aryl methyl sites for hydroxylation is 1. The van der Waals surface area contributed by atoms with Crippen LogP contribution in [0.2, 0.25) is 0 Å². The summed E-state index contributed by atoms with van der Waals surface area (Å²) in [6, 6.07) is 5.95. The van der Waals surface area contributed by atoms with Gasteiger partial charge in [0.15, 0.2) is 5.78 Å². The largest absolute Gasteiger partial charge is 0.491 e. The van der Waals surface area contributed by atoms with Gasteiger partial charge >= 0.3 is 13.3 Å². The molecule has 0 aliphatic carbocycles. The van der Waals surface area contributed by atoms with Crippen molar-refractivity contribution in [1.82, 2.24) is 4.98 Å². The SMILES string of the molecule is Cc1cnc(C(=O)Cc2ccc3c(c2)B(O)OCC3)c(C(F)(F)F)c1. The maximum absolute atomic E-state index is 13.2. The Hall–Kier alpha value is -2.19. The molecule has 0 atom stereocenters. The van der Waals surface area contributed by atoms with Crippen molar-refractivity contribution in [3.05, 3.63) is 58.4 Å². The van der Waals surface area contributed by atoms with E-state index in [0.29, 0.717) is 29.6 Å². The van der Waals surface area contributed by atoms with E-state index < -0.39 is 30.3 Å². The molecular weight excluding hydrogens is 334 g/mol. The third-order valence-electron chi connectivity index (χ3n) is 4.08. The maximum Gasteiger partial charge on any atom is 0.491 e. The number of carbonyl (C=O) groups is 1. The summed E-state index contributed by atoms with van der Waals surface area (Å²) in [5.41, 5.74) is 0.664. The van der Waals surface area contributed by atoms with Crippen LogP contribution in [0.3, 0.4) is 0 Å². The number of pyridine rings is 1. The van der Waals surface area contributed by atoms with Gasteiger partial charge in [-0.2, -0.15) is 13.2 Å². The van der Waals surface area contributed by atoms with Crippen LogP contribution < -0.4 is 5.46 Å². The second kappa shape index (κ2) is 6.61. The standard InChI is InChI=1S/C17H15BF3NO3/c1-10-6-13(17(19,20)21)16(22-9-10)15(23)8-11-2-3-12-4-5-25-18(24)14(12)7-11/h2-3,6-7,9,24H,4-5,8H2,1H3. The van der Waals surface area contributed by atoms with E-state index in [1.165, 1.54) is 13.1 Å². The van der Waals surface area contributed by atoms with Crippen LogP contribution in [0.4, 0.5) is 13.2 Å². The fourth-order valence-electron chi connectivity index (χ4n) is 2.86. The summed E-state index contributed by atoms with van der Waals surface area (Å²) in [6.45, 7) is 1.88. The van der Waals surface area contributed by atoms with Crippen LogP contribution in [0.5, 0.6) is 0 Å². The second-order valence-corrected chi connectivity index (χ2v) is 6.01. The molecule has 1 aliphatic rings. The van der Waals surface area contributed by atoms with E-state index in [9.17, 15) is 23.0 Å². The van der Waals surface area contributed by atoms with Crippen molar-refractivity contribution >= 4 is 18.4 Å². The van der Waals surface area contributed by atoms with Crippen molar-refractivity contribution in [3.8, 4) is 0 Å². The van der Waals surface area contributed by atoms with Gasteiger partial charge in [-0.15, -0.1) is 0 Å². The fraction of sp³-hybridized carbons (Fsp3) is 0.294. The highest BCUT2D eigenvalue weighted by atomic mass is 19.4. The first-order valence-corrected chi connectivity index (χ1v) is 7.74. The molecule has 1 N–H and O–H groups in total. The molecule has 0 fully saturated rings. The Balaban J connectivity index is 1.90. The van der Waals surface area contributed by atoms with Gasteiger partial charge in [0.2, 0.25) is 0 Å². The molecule has 2 aromatic rings. The highest BCUT2D eigenvalue weighted by molar-refractivity contribution is 6.60. The molecular formula is C17H15BF3NO3. The van der Waals surface area contributed by atoms with Crippen LogP contribution in [0.15, 0.2) is 30.5 Å². The number of nitrogens with zero attached hydrogens (tertiary/aromatic N) is 1. The molecule has 0 radical (unpaired) electrons. The average molecular weight is 349 g/mol. The number of benzene rings is 1. The van der Waals surface area contributed by atoms with Gasteiger partial charge in [0.05, 0.1) is 5.56 Å². The van der Waals surface area contributed by atoms with Gasteiger partial charge in [0.25, 0.3) is 0 Å². The maximum atomic E-state index is 13.2. The zero-order chi connectivity index (χ0) is 18.2. The van der Waals surface area contributed by atoms with Gasteiger partial charge < -0.3 is 9.68 Å². The molecule has 2 heterocycles. The fourth-order valence-corrected chi connectivity index (χ4v) is 2.86. The second-order valence-electron chi connectivity index (χ2n) is 6.01. The van der Waals surface area contributed by atoms with Crippen molar-refractivity contribution in [2.75, 3.05) is 6.61 Å². The minimum atomic E-state index is -4.65. The smallest absolute Gasteiger partial charge is 0.423 e. The molecule has 25 heavy (non-hydrogen) atoms. The van der Waals surface area contributed by atoms with E-state index in [-0.39, 0.29) is 6.42 Å². The highest BCUT2D eigenvalue weighted by Gasteiger charge is 2.36. The third-order valence-corrected chi connectivity index (χ3v) is 4.08. The van der Waals surface area contributed by atoms with Gasteiger partial charge in [-0.25, -0.2) is 0 Å². The molecule has 0 bridgehead atoms. The van der Waals surface area contributed by atoms with E-state index in [0.717, 1.165) is 11.6 Å². The number of hydrogen-bond donors (Lipinski definition) is 1. The highest BCUT2D eigenvalue weighted by Crippen LogP contribution is 2.32. The van der Waals surface area contributed by atoms with Crippen molar-refractivity contribution in [3.63, 3.8) is 0 Å². The zero-order valence-corrected chi connectivity index (χ0v) is 13.4. The van der Waals surface area contributed by atoms with Gasteiger partial charge in [-0.1, -0.05) is 18.2 Å². The van der Waals surface area contributed by atoms with Gasteiger partial charge in [-0.05, 0) is 41.6 Å². The number of Topliss-reactive ketones (excluding diaryl/α,β-unsaturated/α-hetero) is 1. The lowest BCUT2D eigenvalue weighted by Gasteiger charge is -2.19. The lowest BCUT2D eigenvalue weighted by molar-refractivity contribution is -0.138. The number of rotatable bonds is 3. The van der Waals surface area contributed by atoms with Crippen molar-refractivity contribution in [2.45, 2.75) is 25.9 Å². The summed E-state index contributed by atoms with van der Waals surface area (Å²) in [4.78, 5) is 16.1. The first-order valence-electron chi connectivity index (χ1n) is 7.74. The molecule has 0 spiro atoms. The van der Waals surface area contributed by atoms with Crippen molar-refractivity contribution in [1.29, 1.82) is 0 Å². The molecule has 0 unspecified atom stereocenters. The van der Waals surface area contributed by atoms with E-state index in [1.807, 2.05) is 0 Å². The minimum Gasteiger partial charge on any atom is -0.423 e. The number of carbonyl (C=O) groups excluding carboxylic acids is 1. The number of hydrogen-bond acceptors (Lipinski definition) is 4. The van der Waals surface area contributed by atoms with E-state index in [4.69, 9.17) is 4.65 Å². The topological polar surface area (TPSA) is 59.4 Å². The van der Waals surface area contributed by atoms with Crippen LogP contribution in [0.1, 0.15) is 32.7 Å². The number of aromatic nitrogens is 1. The molecule has 0 amide bonds. The molecule has 1 aromatic heterocycles. The normalized spacial score (nSPS) is 14.4. The van der Waals surface area contributed by atoms with Gasteiger partial charge in [-0.3, -0.25) is 9.78 Å². The molecule has 4 nitrogen and oxygen atoms in total. The first-order chi connectivity index (χ1) is 11.8. The predicted octanol–water partition coefficient (Wildman–Crippen LogP) is 2.09. The molecule has 8 heteroatoms. The monoisotopic (exact) mass is 349 g/mol. The third kappa shape index (κ3) is 3.75. The van der Waals surface area contributed by atoms with E-state index >= 15 is 0 Å². The van der Waals surface area contributed by atoms with Gasteiger partial charge in [0.1, 0.15) is 5.69 Å². The van der Waals surface area contributed by atoms with E-state index in [1.54, 1.807) is 18.2 Å². The van der Waals surface area contributed by atoms with Crippen LogP contribution in [-0.2, 0) is 23.7 Å². The van der Waals surface area contributed by atoms with Crippen LogP contribution in [0, 0.1) is 6.92 Å². The molecule has 130 valence electrons. The summed E-state index contributed by atoms with van der Waals surface area (Å²) in [5.74, 6) is -0.724. The summed E-state index contributed by atoms with van der Waals surface area (Å²) in [7, 11) is -1.08. The lowest BCUT2D eigenvalue weighted by atomic mass is 9.73. The molecule has 3 rings (SSSR count). The molecule has 1 aromatic carbocycles. The Morgan fingerprint density at radius 3 is 2.84 bits per heavy atom. The summed E-state index contributed by atoms with van der Waals surface area (Å²) >= 11 is 0. The Morgan fingerprint density at radius 2 is 2.12 bits per heavy atom. The predicted molar refractivity (Wildman–Crippen MR) is 85.7 cm³/mol. The Morgan fingerprint density at radius 1 is 1.36 bits per heavy atom. The van der Waals surface area contributed by atoms with Crippen LogP contribution in [-0.4, -0.2) is 29.5 Å². The Kier molecular flexibility index (Phi) is 4.66. The Bertz CT molecular complexity index is 823. The van der Waals surface area contributed by atoms with E-state index in [2.05, 4.69) is 4.98 Å². The minimum absolute atomic E-state index is 0.237. The van der Waals surface area contributed by atoms with Crippen molar-refractivity contribution in [2.24, 2.45) is 0 Å². The molecule has 0 saturated carbocycles. The number of halogens is 3. The van der Waals surface area contributed by atoms with Crippen LogP contribution >= 0.6 is 0 Å². The Labute approximate surface area is 142 Å². The van der Waals surface area contributed by atoms with Crippen LogP contribution in [0.25, 0.3) is 0 Å². The lowest BCUT2D eigenvalue weighted by Crippen LogP contribution is -2.41. The zero-order valence-electron chi connectivity index (χ0n) is 13.4. The summed E-state index contributed by atoms with van der Waals surface area (Å²) in [6.07, 6.45) is -3.01. The van der Waals surface area contributed by atoms with Gasteiger partial charge in [0, 0.05) is 19.2 Å².